The number of H-pyrrole nitrogens is 1. The molecule has 0 aliphatic heterocycles. The Kier molecular flexibility index (Phi) is 3.91. The predicted octanol–water partition coefficient (Wildman–Crippen LogP) is 2.65. The van der Waals surface area contributed by atoms with Crippen molar-refractivity contribution in [3.63, 3.8) is 0 Å². The minimum absolute atomic E-state index is 0.0163. The average Bonchev–Trinajstić information content (AvgIpc) is 3.14. The number of aromatic amines is 1. The Bertz CT molecular complexity index is 788. The van der Waals surface area contributed by atoms with Crippen molar-refractivity contribution in [2.24, 2.45) is 0 Å². The lowest BCUT2D eigenvalue weighted by Crippen LogP contribution is -2.25. The quantitative estimate of drug-likeness (QED) is 0.758. The van der Waals surface area contributed by atoms with E-state index in [1.807, 2.05) is 38.2 Å². The van der Waals surface area contributed by atoms with Crippen molar-refractivity contribution in [3.05, 3.63) is 47.8 Å². The maximum atomic E-state index is 12.0. The molecule has 2 N–H and O–H groups in total. The van der Waals surface area contributed by atoms with Gasteiger partial charge in [-0.25, -0.2) is 0 Å². The minimum Gasteiger partial charge on any atom is -0.417 e. The summed E-state index contributed by atoms with van der Waals surface area (Å²) in [5, 5.41) is 11.6. The number of hydrogen-bond donors (Lipinski definition) is 2. The van der Waals surface area contributed by atoms with Gasteiger partial charge in [-0.3, -0.25) is 4.79 Å². The molecule has 0 fully saturated rings. The molecule has 0 saturated heterocycles. The molecular weight excluding hydrogens is 280 g/mol. The van der Waals surface area contributed by atoms with Crippen LogP contribution in [0.2, 0.25) is 0 Å². The van der Waals surface area contributed by atoms with Crippen LogP contribution in [0.1, 0.15) is 41.9 Å². The second-order valence-electron chi connectivity index (χ2n) is 5.47. The van der Waals surface area contributed by atoms with E-state index in [9.17, 15) is 4.79 Å². The highest BCUT2D eigenvalue weighted by molar-refractivity contribution is 5.89. The zero-order valence-electron chi connectivity index (χ0n) is 12.6. The fraction of sp³-hybridized carbons (Fsp3) is 0.312. The first kappa shape index (κ1) is 14.3. The zero-order chi connectivity index (χ0) is 15.5. The zero-order valence-corrected chi connectivity index (χ0v) is 12.6. The van der Waals surface area contributed by atoms with Gasteiger partial charge in [0.2, 0.25) is 5.89 Å². The highest BCUT2D eigenvalue weighted by Gasteiger charge is 2.16. The van der Waals surface area contributed by atoms with Gasteiger partial charge in [-0.1, -0.05) is 32.0 Å². The van der Waals surface area contributed by atoms with E-state index < -0.39 is 0 Å². The lowest BCUT2D eigenvalue weighted by molar-refractivity contribution is 0.0917. The van der Waals surface area contributed by atoms with Crippen molar-refractivity contribution in [2.75, 3.05) is 6.54 Å². The molecule has 3 aromatic rings. The maximum absolute atomic E-state index is 12.0. The van der Waals surface area contributed by atoms with Crippen LogP contribution in [0.25, 0.3) is 10.9 Å². The molecule has 0 radical (unpaired) electrons. The lowest BCUT2D eigenvalue weighted by atomic mass is 10.1. The number of nitrogens with one attached hydrogen (secondary N) is 2. The van der Waals surface area contributed by atoms with E-state index in [0.29, 0.717) is 12.4 Å². The molecule has 22 heavy (non-hydrogen) atoms. The van der Waals surface area contributed by atoms with Gasteiger partial charge in [-0.15, -0.1) is 10.2 Å². The van der Waals surface area contributed by atoms with Crippen molar-refractivity contribution in [1.82, 2.24) is 20.5 Å². The Labute approximate surface area is 127 Å². The summed E-state index contributed by atoms with van der Waals surface area (Å²) in [4.78, 5) is 15.2. The molecule has 6 nitrogen and oxygen atoms in total. The standard InChI is InChI=1S/C16H18N4O2/c1-10(2)15-19-20-16(22-15)14(21)17-8-7-11-9-18-13-6-4-3-5-12(11)13/h3-6,9-10,18H,7-8H2,1-2H3,(H,17,21). The van der Waals surface area contributed by atoms with Crippen molar-refractivity contribution < 1.29 is 9.21 Å². The van der Waals surface area contributed by atoms with Crippen LogP contribution in [0, 0.1) is 0 Å². The van der Waals surface area contributed by atoms with E-state index in [0.717, 1.165) is 11.9 Å². The molecule has 114 valence electrons. The molecule has 6 heteroatoms. The second-order valence-corrected chi connectivity index (χ2v) is 5.47. The molecule has 0 spiro atoms. The van der Waals surface area contributed by atoms with Crippen LogP contribution in [0.3, 0.4) is 0 Å². The Morgan fingerprint density at radius 3 is 2.91 bits per heavy atom. The largest absolute Gasteiger partial charge is 0.417 e. The van der Waals surface area contributed by atoms with Gasteiger partial charge >= 0.3 is 11.8 Å². The van der Waals surface area contributed by atoms with Crippen molar-refractivity contribution >= 4 is 16.8 Å². The van der Waals surface area contributed by atoms with Gasteiger partial charge < -0.3 is 14.7 Å². The van der Waals surface area contributed by atoms with E-state index in [4.69, 9.17) is 4.42 Å². The highest BCUT2D eigenvalue weighted by Crippen LogP contribution is 2.17. The van der Waals surface area contributed by atoms with Crippen LogP contribution in [-0.2, 0) is 6.42 Å². The van der Waals surface area contributed by atoms with Crippen LogP contribution in [-0.4, -0.2) is 27.6 Å². The van der Waals surface area contributed by atoms with Gasteiger partial charge in [0.1, 0.15) is 0 Å². The number of benzene rings is 1. The summed E-state index contributed by atoms with van der Waals surface area (Å²) < 4.78 is 5.32. The van der Waals surface area contributed by atoms with Crippen LogP contribution in [0.4, 0.5) is 0 Å². The van der Waals surface area contributed by atoms with Crippen molar-refractivity contribution in [3.8, 4) is 0 Å². The van der Waals surface area contributed by atoms with E-state index in [2.05, 4.69) is 26.6 Å². The summed E-state index contributed by atoms with van der Waals surface area (Å²) in [5.41, 5.74) is 2.27. The molecule has 1 amide bonds. The second kappa shape index (κ2) is 6.01. The van der Waals surface area contributed by atoms with E-state index in [-0.39, 0.29) is 17.7 Å². The molecule has 3 rings (SSSR count). The number of para-hydroxylation sites is 1. The summed E-state index contributed by atoms with van der Waals surface area (Å²) in [5.74, 6) is 0.268. The van der Waals surface area contributed by atoms with Gasteiger partial charge in [0.05, 0.1) is 0 Å². The van der Waals surface area contributed by atoms with Gasteiger partial charge in [0, 0.05) is 29.6 Å². The monoisotopic (exact) mass is 298 g/mol. The number of aromatic nitrogens is 3. The van der Waals surface area contributed by atoms with Gasteiger partial charge in [-0.2, -0.15) is 0 Å². The molecule has 0 unspecified atom stereocenters. The number of rotatable bonds is 5. The number of fused-ring (bicyclic) bond motifs is 1. The Balaban J connectivity index is 1.59. The third-order valence-corrected chi connectivity index (χ3v) is 3.48. The summed E-state index contributed by atoms with van der Waals surface area (Å²) in [6.45, 7) is 4.39. The first-order valence-electron chi connectivity index (χ1n) is 7.31. The summed E-state index contributed by atoms with van der Waals surface area (Å²) in [7, 11) is 0. The van der Waals surface area contributed by atoms with Gasteiger partial charge in [-0.05, 0) is 18.1 Å². The van der Waals surface area contributed by atoms with E-state index >= 15 is 0 Å². The molecule has 0 bridgehead atoms. The van der Waals surface area contributed by atoms with E-state index in [1.165, 1.54) is 10.9 Å². The topological polar surface area (TPSA) is 83.8 Å². The van der Waals surface area contributed by atoms with Crippen molar-refractivity contribution in [1.29, 1.82) is 0 Å². The predicted molar refractivity (Wildman–Crippen MR) is 82.7 cm³/mol. The van der Waals surface area contributed by atoms with Gasteiger partial charge in [0.25, 0.3) is 0 Å². The number of amides is 1. The first-order valence-corrected chi connectivity index (χ1v) is 7.31. The molecule has 0 saturated carbocycles. The third kappa shape index (κ3) is 2.86. The minimum atomic E-state index is -0.334. The van der Waals surface area contributed by atoms with E-state index in [1.54, 1.807) is 0 Å². The van der Waals surface area contributed by atoms with Crippen molar-refractivity contribution in [2.45, 2.75) is 26.2 Å². The highest BCUT2D eigenvalue weighted by atomic mass is 16.4. The molecular formula is C16H18N4O2. The summed E-state index contributed by atoms with van der Waals surface area (Å²) >= 11 is 0. The number of hydrogen-bond acceptors (Lipinski definition) is 4. The molecule has 2 heterocycles. The molecule has 2 aromatic heterocycles. The average molecular weight is 298 g/mol. The Morgan fingerprint density at radius 2 is 2.14 bits per heavy atom. The fourth-order valence-corrected chi connectivity index (χ4v) is 2.28. The van der Waals surface area contributed by atoms with Crippen LogP contribution in [0.5, 0.6) is 0 Å². The Hall–Kier alpha value is -2.63. The SMILES string of the molecule is CC(C)c1nnc(C(=O)NCCc2c[nH]c3ccccc23)o1. The number of nitrogens with zero attached hydrogens (tertiary/aromatic N) is 2. The number of carbonyl (C=O) groups excluding carboxylic acids is 1. The lowest BCUT2D eigenvalue weighted by Gasteiger charge is -2.02. The molecule has 0 aliphatic rings. The summed E-state index contributed by atoms with van der Waals surface area (Å²) in [6, 6.07) is 8.09. The third-order valence-electron chi connectivity index (χ3n) is 3.48. The van der Waals surface area contributed by atoms with Crippen LogP contribution >= 0.6 is 0 Å². The van der Waals surface area contributed by atoms with Crippen LogP contribution in [0.15, 0.2) is 34.9 Å². The normalized spacial score (nSPS) is 11.2. The Morgan fingerprint density at radius 1 is 1.32 bits per heavy atom. The number of carbonyl (C=O) groups is 1. The summed E-state index contributed by atoms with van der Waals surface area (Å²) in [6.07, 6.45) is 2.71. The molecule has 1 aromatic carbocycles. The first-order chi connectivity index (χ1) is 10.6. The molecule has 0 aliphatic carbocycles. The maximum Gasteiger partial charge on any atom is 0.308 e. The molecule has 0 atom stereocenters. The van der Waals surface area contributed by atoms with Gasteiger partial charge in [0.15, 0.2) is 0 Å². The fourth-order valence-electron chi connectivity index (χ4n) is 2.28. The smallest absolute Gasteiger partial charge is 0.308 e. The van der Waals surface area contributed by atoms with Crippen LogP contribution < -0.4 is 5.32 Å².